The van der Waals surface area contributed by atoms with Crippen molar-refractivity contribution in [1.29, 1.82) is 0 Å². The summed E-state index contributed by atoms with van der Waals surface area (Å²) in [5.41, 5.74) is 0.603. The van der Waals surface area contributed by atoms with Gasteiger partial charge in [0.2, 0.25) is 0 Å². The molecule has 0 bridgehead atoms. The van der Waals surface area contributed by atoms with Crippen molar-refractivity contribution in [3.05, 3.63) is 71.3 Å². The molecule has 25 heavy (non-hydrogen) atoms. The molecule has 1 fully saturated rings. The first-order valence-electron chi connectivity index (χ1n) is 8.39. The molecule has 2 aromatic carbocycles. The largest absolute Gasteiger partial charge is 0.343 e. The number of hydroxylamine groups is 2. The Kier molecular flexibility index (Phi) is 3.64. The van der Waals surface area contributed by atoms with Gasteiger partial charge in [0.25, 0.3) is 11.8 Å². The van der Waals surface area contributed by atoms with Crippen LogP contribution >= 0.6 is 0 Å². The van der Waals surface area contributed by atoms with Crippen molar-refractivity contribution < 1.29 is 19.2 Å². The highest BCUT2D eigenvalue weighted by Gasteiger charge is 2.48. The van der Waals surface area contributed by atoms with Crippen molar-refractivity contribution in [2.75, 3.05) is 0 Å². The molecule has 0 spiro atoms. The minimum absolute atomic E-state index is 0.264. The van der Waals surface area contributed by atoms with Gasteiger partial charge in [0.05, 0.1) is 16.5 Å². The zero-order chi connectivity index (χ0) is 17.4. The molecule has 2 aliphatic rings. The van der Waals surface area contributed by atoms with E-state index < -0.39 is 23.2 Å². The van der Waals surface area contributed by atoms with Crippen molar-refractivity contribution in [2.45, 2.75) is 31.1 Å². The Balaban J connectivity index is 1.64. The van der Waals surface area contributed by atoms with Gasteiger partial charge in [-0.05, 0) is 30.5 Å². The standard InChI is InChI=1S/C20H17NO4/c22-17-15-10-4-5-11-16(15)18(23)21(17)25-19(24)20(12-6-7-13-20)14-8-2-1-3-9-14/h1-5,8-11H,6-7,12-13H2. The summed E-state index contributed by atoms with van der Waals surface area (Å²) in [6.45, 7) is 0. The normalized spacial score (nSPS) is 18.3. The third-order valence-electron chi connectivity index (χ3n) is 5.11. The summed E-state index contributed by atoms with van der Waals surface area (Å²) in [4.78, 5) is 43.2. The van der Waals surface area contributed by atoms with Gasteiger partial charge < -0.3 is 4.84 Å². The molecule has 126 valence electrons. The molecule has 1 aliphatic carbocycles. The SMILES string of the molecule is O=C1c2ccccc2C(=O)N1OC(=O)C1(c2ccccc2)CCCC1. The number of hydrogen-bond acceptors (Lipinski definition) is 4. The lowest BCUT2D eigenvalue weighted by Crippen LogP contribution is -2.41. The van der Waals surface area contributed by atoms with E-state index in [1.807, 2.05) is 30.3 Å². The number of fused-ring (bicyclic) bond motifs is 1. The summed E-state index contributed by atoms with van der Waals surface area (Å²) in [6.07, 6.45) is 3.12. The number of carbonyl (C=O) groups is 3. The van der Waals surface area contributed by atoms with Crippen molar-refractivity contribution >= 4 is 17.8 Å². The third kappa shape index (κ3) is 2.35. The fourth-order valence-electron chi connectivity index (χ4n) is 3.77. The van der Waals surface area contributed by atoms with E-state index in [4.69, 9.17) is 4.84 Å². The van der Waals surface area contributed by atoms with E-state index in [2.05, 4.69) is 0 Å². The van der Waals surface area contributed by atoms with E-state index in [1.54, 1.807) is 24.3 Å². The summed E-state index contributed by atoms with van der Waals surface area (Å²) in [5, 5.41) is 0.607. The van der Waals surface area contributed by atoms with Crippen LogP contribution < -0.4 is 0 Å². The van der Waals surface area contributed by atoms with Crippen molar-refractivity contribution in [3.8, 4) is 0 Å². The van der Waals surface area contributed by atoms with Crippen LogP contribution in [0.15, 0.2) is 54.6 Å². The number of hydrogen-bond donors (Lipinski definition) is 0. The zero-order valence-corrected chi connectivity index (χ0v) is 13.6. The maximum atomic E-state index is 13.0. The fraction of sp³-hybridized carbons (Fsp3) is 0.250. The number of nitrogens with zero attached hydrogens (tertiary/aromatic N) is 1. The third-order valence-corrected chi connectivity index (χ3v) is 5.11. The lowest BCUT2D eigenvalue weighted by Gasteiger charge is -2.28. The van der Waals surface area contributed by atoms with Crippen molar-refractivity contribution in [3.63, 3.8) is 0 Å². The highest BCUT2D eigenvalue weighted by molar-refractivity contribution is 6.21. The van der Waals surface area contributed by atoms with Crippen LogP contribution in [0, 0.1) is 0 Å². The number of rotatable bonds is 3. The Morgan fingerprint density at radius 1 is 0.840 bits per heavy atom. The maximum absolute atomic E-state index is 13.0. The van der Waals surface area contributed by atoms with Crippen LogP contribution in [0.5, 0.6) is 0 Å². The van der Waals surface area contributed by atoms with Crippen LogP contribution in [0.2, 0.25) is 0 Å². The molecule has 5 nitrogen and oxygen atoms in total. The Bertz CT molecular complexity index is 818. The average Bonchev–Trinajstić information content (AvgIpc) is 3.24. The van der Waals surface area contributed by atoms with E-state index in [1.165, 1.54) is 0 Å². The molecule has 0 atom stereocenters. The number of carbonyl (C=O) groups excluding carboxylic acids is 3. The average molecular weight is 335 g/mol. The van der Waals surface area contributed by atoms with Gasteiger partial charge in [-0.1, -0.05) is 60.4 Å². The minimum Gasteiger partial charge on any atom is -0.329 e. The van der Waals surface area contributed by atoms with Gasteiger partial charge in [-0.3, -0.25) is 9.59 Å². The molecule has 4 rings (SSSR count). The Hall–Kier alpha value is -2.95. The summed E-state index contributed by atoms with van der Waals surface area (Å²) in [7, 11) is 0. The second kappa shape index (κ2) is 5.84. The lowest BCUT2D eigenvalue weighted by atomic mass is 9.79. The summed E-state index contributed by atoms with van der Waals surface area (Å²) < 4.78 is 0. The molecule has 0 radical (unpaired) electrons. The molecule has 1 heterocycles. The number of amides is 2. The molecule has 2 amide bonds. The van der Waals surface area contributed by atoms with Crippen LogP contribution in [0.3, 0.4) is 0 Å². The summed E-state index contributed by atoms with van der Waals surface area (Å²) >= 11 is 0. The van der Waals surface area contributed by atoms with E-state index >= 15 is 0 Å². The van der Waals surface area contributed by atoms with Gasteiger partial charge in [0.1, 0.15) is 0 Å². The van der Waals surface area contributed by atoms with Crippen LogP contribution in [-0.2, 0) is 15.0 Å². The van der Waals surface area contributed by atoms with Gasteiger partial charge in [0.15, 0.2) is 0 Å². The van der Waals surface area contributed by atoms with Gasteiger partial charge >= 0.3 is 5.97 Å². The van der Waals surface area contributed by atoms with Crippen molar-refractivity contribution in [2.24, 2.45) is 0 Å². The summed E-state index contributed by atoms with van der Waals surface area (Å²) in [5.74, 6) is -1.71. The van der Waals surface area contributed by atoms with Crippen LogP contribution in [-0.4, -0.2) is 22.8 Å². The van der Waals surface area contributed by atoms with Crippen molar-refractivity contribution in [1.82, 2.24) is 5.06 Å². The monoisotopic (exact) mass is 335 g/mol. The van der Waals surface area contributed by atoms with Gasteiger partial charge in [-0.15, -0.1) is 0 Å². The summed E-state index contributed by atoms with van der Waals surface area (Å²) in [6, 6.07) is 15.9. The van der Waals surface area contributed by atoms with Gasteiger partial charge in [-0.25, -0.2) is 4.79 Å². The van der Waals surface area contributed by atoms with Gasteiger partial charge in [-0.2, -0.15) is 0 Å². The molecular formula is C20H17NO4. The van der Waals surface area contributed by atoms with E-state index in [0.29, 0.717) is 17.9 Å². The Labute approximate surface area is 145 Å². The van der Waals surface area contributed by atoms with E-state index in [-0.39, 0.29) is 11.1 Å². The van der Waals surface area contributed by atoms with Gasteiger partial charge in [0, 0.05) is 0 Å². The fourth-order valence-corrected chi connectivity index (χ4v) is 3.77. The van der Waals surface area contributed by atoms with Crippen LogP contribution in [0.1, 0.15) is 52.0 Å². The first kappa shape index (κ1) is 15.6. The van der Waals surface area contributed by atoms with E-state index in [9.17, 15) is 14.4 Å². The second-order valence-corrected chi connectivity index (χ2v) is 6.48. The highest BCUT2D eigenvalue weighted by Crippen LogP contribution is 2.42. The lowest BCUT2D eigenvalue weighted by molar-refractivity contribution is -0.175. The first-order valence-corrected chi connectivity index (χ1v) is 8.39. The zero-order valence-electron chi connectivity index (χ0n) is 13.6. The Morgan fingerprint density at radius 3 is 1.92 bits per heavy atom. The molecule has 2 aromatic rings. The Morgan fingerprint density at radius 2 is 1.36 bits per heavy atom. The molecule has 0 aromatic heterocycles. The maximum Gasteiger partial charge on any atom is 0.343 e. The van der Waals surface area contributed by atoms with Crippen LogP contribution in [0.4, 0.5) is 0 Å². The first-order chi connectivity index (χ1) is 12.1. The minimum atomic E-state index is -0.795. The highest BCUT2D eigenvalue weighted by atomic mass is 16.7. The molecule has 0 unspecified atom stereocenters. The molecule has 0 saturated heterocycles. The predicted molar refractivity (Wildman–Crippen MR) is 89.6 cm³/mol. The predicted octanol–water partition coefficient (Wildman–Crippen LogP) is 3.25. The molecule has 1 saturated carbocycles. The smallest absolute Gasteiger partial charge is 0.329 e. The molecule has 1 aliphatic heterocycles. The number of benzene rings is 2. The topological polar surface area (TPSA) is 63.7 Å². The van der Waals surface area contributed by atoms with E-state index in [0.717, 1.165) is 18.4 Å². The molecular weight excluding hydrogens is 318 g/mol. The second-order valence-electron chi connectivity index (χ2n) is 6.48. The quantitative estimate of drug-likeness (QED) is 0.808. The van der Waals surface area contributed by atoms with Crippen LogP contribution in [0.25, 0.3) is 0 Å². The molecule has 5 heteroatoms. The number of imide groups is 1. The molecule has 0 N–H and O–H groups in total.